The third kappa shape index (κ3) is 3.52. The van der Waals surface area contributed by atoms with Gasteiger partial charge in [0.15, 0.2) is 28.1 Å². The Morgan fingerprint density at radius 3 is 2.53 bits per heavy atom. The van der Waals surface area contributed by atoms with Crippen molar-refractivity contribution in [2.75, 3.05) is 32.3 Å². The molecule has 1 aromatic heterocycles. The molecule has 0 radical (unpaired) electrons. The zero-order valence-corrected chi connectivity index (χ0v) is 19.1. The van der Waals surface area contributed by atoms with Crippen LogP contribution in [0.5, 0.6) is 23.0 Å². The van der Waals surface area contributed by atoms with E-state index in [0.717, 1.165) is 0 Å². The summed E-state index contributed by atoms with van der Waals surface area (Å²) in [4.78, 5) is 31.9. The van der Waals surface area contributed by atoms with Gasteiger partial charge in [-0.15, -0.1) is 11.3 Å². The number of thiazole rings is 1. The maximum absolute atomic E-state index is 13.2. The number of ether oxygens (including phenoxy) is 4. The Morgan fingerprint density at radius 1 is 1.06 bits per heavy atom. The van der Waals surface area contributed by atoms with Crippen LogP contribution in [0.3, 0.4) is 0 Å². The summed E-state index contributed by atoms with van der Waals surface area (Å²) in [6.45, 7) is 0.799. The Kier molecular flexibility index (Phi) is 5.58. The quantitative estimate of drug-likeness (QED) is 0.336. The van der Waals surface area contributed by atoms with Crippen LogP contribution in [0.15, 0.2) is 53.5 Å². The van der Waals surface area contributed by atoms with Gasteiger partial charge in [-0.3, -0.25) is 14.5 Å². The first-order valence-electron chi connectivity index (χ1n) is 10.4. The number of carbonyl (C=O) groups is 2. The van der Waals surface area contributed by atoms with E-state index in [4.69, 9.17) is 18.9 Å². The van der Waals surface area contributed by atoms with Crippen LogP contribution in [-0.4, -0.2) is 49.2 Å². The smallest absolute Gasteiger partial charge is 0.301 e. The average molecular weight is 480 g/mol. The van der Waals surface area contributed by atoms with Gasteiger partial charge in [0.2, 0.25) is 0 Å². The molecule has 1 fully saturated rings. The van der Waals surface area contributed by atoms with Crippen molar-refractivity contribution < 1.29 is 33.6 Å². The number of aliphatic hydroxyl groups excluding tert-OH is 1. The second kappa shape index (κ2) is 8.71. The highest BCUT2D eigenvalue weighted by molar-refractivity contribution is 7.14. The summed E-state index contributed by atoms with van der Waals surface area (Å²) in [5.41, 5.74) is 0.808. The number of methoxy groups -OCH3 is 2. The first-order valence-corrected chi connectivity index (χ1v) is 11.2. The summed E-state index contributed by atoms with van der Waals surface area (Å²) in [5.74, 6) is -0.0201. The molecule has 3 heterocycles. The molecular formula is C24H20N2O7S. The van der Waals surface area contributed by atoms with Crippen molar-refractivity contribution in [3.63, 3.8) is 0 Å². The number of fused-ring (bicyclic) bond motifs is 1. The van der Waals surface area contributed by atoms with E-state index >= 15 is 0 Å². The highest BCUT2D eigenvalue weighted by Gasteiger charge is 2.48. The van der Waals surface area contributed by atoms with Gasteiger partial charge in [-0.2, -0.15) is 0 Å². The number of aromatic nitrogens is 1. The molecule has 1 atom stereocenters. The van der Waals surface area contributed by atoms with Crippen LogP contribution < -0.4 is 23.8 Å². The molecule has 174 valence electrons. The summed E-state index contributed by atoms with van der Waals surface area (Å²) in [7, 11) is 3.01. The summed E-state index contributed by atoms with van der Waals surface area (Å²) in [6, 6.07) is 9.01. The predicted molar refractivity (Wildman–Crippen MR) is 124 cm³/mol. The molecule has 0 spiro atoms. The molecule has 2 aliphatic heterocycles. The molecule has 0 bridgehead atoms. The molecule has 9 nitrogen and oxygen atoms in total. The molecule has 5 rings (SSSR count). The summed E-state index contributed by atoms with van der Waals surface area (Å²) < 4.78 is 21.9. The van der Waals surface area contributed by atoms with E-state index in [9.17, 15) is 14.7 Å². The van der Waals surface area contributed by atoms with E-state index in [-0.39, 0.29) is 11.3 Å². The van der Waals surface area contributed by atoms with Gasteiger partial charge in [-0.1, -0.05) is 6.07 Å². The Balaban J connectivity index is 1.70. The molecular weight excluding hydrogens is 460 g/mol. The number of nitrogens with zero attached hydrogens (tertiary/aromatic N) is 2. The lowest BCUT2D eigenvalue weighted by molar-refractivity contribution is -0.132. The Hall–Kier alpha value is -4.05. The van der Waals surface area contributed by atoms with E-state index in [1.165, 1.54) is 30.5 Å². The van der Waals surface area contributed by atoms with E-state index in [0.29, 0.717) is 52.5 Å². The van der Waals surface area contributed by atoms with Gasteiger partial charge >= 0.3 is 5.91 Å². The van der Waals surface area contributed by atoms with Crippen LogP contribution in [-0.2, 0) is 9.59 Å². The number of anilines is 1. The van der Waals surface area contributed by atoms with Crippen molar-refractivity contribution >= 4 is 33.9 Å². The molecule has 1 saturated heterocycles. The van der Waals surface area contributed by atoms with Crippen LogP contribution in [0.4, 0.5) is 5.13 Å². The molecule has 1 N–H and O–H groups in total. The minimum Gasteiger partial charge on any atom is -0.507 e. The zero-order valence-electron chi connectivity index (χ0n) is 18.3. The molecule has 10 heteroatoms. The predicted octanol–water partition coefficient (Wildman–Crippen LogP) is 3.56. The minimum atomic E-state index is -0.931. The number of benzene rings is 2. The lowest BCUT2D eigenvalue weighted by Crippen LogP contribution is -2.29. The van der Waals surface area contributed by atoms with Gasteiger partial charge < -0.3 is 24.1 Å². The maximum atomic E-state index is 13.2. The lowest BCUT2D eigenvalue weighted by Gasteiger charge is -2.24. The highest BCUT2D eigenvalue weighted by Crippen LogP contribution is 2.45. The lowest BCUT2D eigenvalue weighted by atomic mass is 9.95. The van der Waals surface area contributed by atoms with Crippen molar-refractivity contribution in [2.45, 2.75) is 6.04 Å². The van der Waals surface area contributed by atoms with Crippen LogP contribution in [0.2, 0.25) is 0 Å². The zero-order chi connectivity index (χ0) is 23.8. The third-order valence-corrected chi connectivity index (χ3v) is 6.38. The van der Waals surface area contributed by atoms with Crippen LogP contribution in [0.25, 0.3) is 5.76 Å². The standard InChI is InChI=1S/C24H20N2O7S/c1-30-15-5-3-13(11-17(15)31-2)20-19(22(28)23(29)26(20)24-25-7-10-34-24)21(27)14-4-6-16-18(12-14)33-9-8-32-16/h3-7,10-12,20,27H,8-9H2,1-2H3. The summed E-state index contributed by atoms with van der Waals surface area (Å²) in [6.07, 6.45) is 1.55. The van der Waals surface area contributed by atoms with Crippen molar-refractivity contribution in [3.05, 3.63) is 64.7 Å². The number of rotatable bonds is 5. The van der Waals surface area contributed by atoms with Crippen molar-refractivity contribution in [3.8, 4) is 23.0 Å². The number of carbonyl (C=O) groups excluding carboxylic acids is 2. The first kappa shape index (κ1) is 21.8. The monoisotopic (exact) mass is 480 g/mol. The van der Waals surface area contributed by atoms with Gasteiger partial charge in [0.05, 0.1) is 25.8 Å². The van der Waals surface area contributed by atoms with E-state index < -0.39 is 17.7 Å². The minimum absolute atomic E-state index is 0.0657. The Morgan fingerprint density at radius 2 is 1.82 bits per heavy atom. The van der Waals surface area contributed by atoms with E-state index in [1.807, 2.05) is 0 Å². The summed E-state index contributed by atoms with van der Waals surface area (Å²) >= 11 is 1.22. The topological polar surface area (TPSA) is 107 Å². The SMILES string of the molecule is COc1ccc(C2C(=C(O)c3ccc4c(c3)OCCO4)C(=O)C(=O)N2c2nccs2)cc1OC. The average Bonchev–Trinajstić information content (AvgIpc) is 3.49. The molecule has 3 aromatic rings. The largest absolute Gasteiger partial charge is 0.507 e. The van der Waals surface area contributed by atoms with Crippen LogP contribution in [0, 0.1) is 0 Å². The number of hydrogen-bond acceptors (Lipinski definition) is 9. The fraction of sp³-hybridized carbons (Fsp3) is 0.208. The molecule has 1 unspecified atom stereocenters. The van der Waals surface area contributed by atoms with Gasteiger partial charge in [0.25, 0.3) is 5.78 Å². The van der Waals surface area contributed by atoms with Crippen molar-refractivity contribution in [1.29, 1.82) is 0 Å². The fourth-order valence-corrected chi connectivity index (χ4v) is 4.72. The first-order chi connectivity index (χ1) is 16.5. The summed E-state index contributed by atoms with van der Waals surface area (Å²) in [5, 5.41) is 13.3. The van der Waals surface area contributed by atoms with Gasteiger partial charge in [-0.05, 0) is 35.9 Å². The Labute approximate surface area is 198 Å². The van der Waals surface area contributed by atoms with Crippen LogP contribution in [0.1, 0.15) is 17.2 Å². The molecule has 2 aliphatic rings. The molecule has 1 amide bonds. The number of aliphatic hydroxyl groups is 1. The van der Waals surface area contributed by atoms with E-state index in [2.05, 4.69) is 4.98 Å². The van der Waals surface area contributed by atoms with Crippen molar-refractivity contribution in [2.24, 2.45) is 0 Å². The second-order valence-electron chi connectivity index (χ2n) is 7.46. The Bertz CT molecular complexity index is 1300. The van der Waals surface area contributed by atoms with Crippen LogP contribution >= 0.6 is 11.3 Å². The fourth-order valence-electron chi connectivity index (χ4n) is 4.05. The number of hydrogen-bond donors (Lipinski definition) is 1. The maximum Gasteiger partial charge on any atom is 0.301 e. The van der Waals surface area contributed by atoms with Gasteiger partial charge in [-0.25, -0.2) is 4.98 Å². The number of Topliss-reactive ketones (excluding diaryl/α,β-unsaturated/α-hetero) is 1. The molecule has 0 aliphatic carbocycles. The second-order valence-corrected chi connectivity index (χ2v) is 8.33. The third-order valence-electron chi connectivity index (χ3n) is 5.61. The molecule has 2 aromatic carbocycles. The number of amides is 1. The normalized spacial score (nSPS) is 18.8. The number of ketones is 1. The van der Waals surface area contributed by atoms with Crippen molar-refractivity contribution in [1.82, 2.24) is 4.98 Å². The van der Waals surface area contributed by atoms with E-state index in [1.54, 1.807) is 48.0 Å². The highest BCUT2D eigenvalue weighted by atomic mass is 32.1. The molecule has 0 saturated carbocycles. The molecule has 34 heavy (non-hydrogen) atoms. The van der Waals surface area contributed by atoms with Gasteiger partial charge in [0, 0.05) is 17.1 Å². The van der Waals surface area contributed by atoms with Gasteiger partial charge in [0.1, 0.15) is 19.0 Å².